The summed E-state index contributed by atoms with van der Waals surface area (Å²) in [5.41, 5.74) is 2.21. The average molecular weight is 349 g/mol. The number of aromatic nitrogens is 2. The number of benzene rings is 1. The highest BCUT2D eigenvalue weighted by molar-refractivity contribution is 5.85. The zero-order chi connectivity index (χ0) is 15.9. The molecule has 3 rings (SSSR count). The molecule has 5 nitrogen and oxygen atoms in total. The Hall–Kier alpha value is -1.85. The van der Waals surface area contributed by atoms with Crippen molar-refractivity contribution in [1.29, 1.82) is 0 Å². The molecule has 0 radical (unpaired) electrons. The maximum atomic E-state index is 11.9. The van der Waals surface area contributed by atoms with Crippen molar-refractivity contribution < 1.29 is 4.79 Å². The van der Waals surface area contributed by atoms with E-state index in [1.54, 1.807) is 0 Å². The summed E-state index contributed by atoms with van der Waals surface area (Å²) < 4.78 is 1.88. The molecule has 6 heteroatoms. The number of carbonyl (C=O) groups is 1. The van der Waals surface area contributed by atoms with E-state index in [-0.39, 0.29) is 12.4 Å². The van der Waals surface area contributed by atoms with Crippen LogP contribution >= 0.6 is 12.4 Å². The first-order valence-electron chi connectivity index (χ1n) is 8.40. The maximum absolute atomic E-state index is 11.9. The predicted molar refractivity (Wildman–Crippen MR) is 97.6 cm³/mol. The van der Waals surface area contributed by atoms with Crippen LogP contribution < -0.4 is 5.32 Å². The second kappa shape index (κ2) is 9.45. The van der Waals surface area contributed by atoms with Gasteiger partial charge in [-0.3, -0.25) is 4.79 Å². The van der Waals surface area contributed by atoms with Crippen LogP contribution in [-0.4, -0.2) is 40.2 Å². The lowest BCUT2D eigenvalue weighted by Crippen LogP contribution is -2.36. The first kappa shape index (κ1) is 18.5. The van der Waals surface area contributed by atoms with Gasteiger partial charge < -0.3 is 10.2 Å². The summed E-state index contributed by atoms with van der Waals surface area (Å²) in [7, 11) is 0. The van der Waals surface area contributed by atoms with Crippen molar-refractivity contribution in [3.63, 3.8) is 0 Å². The SMILES string of the molecule is Cl.O=C1CCCCCN1CCNCc1cnn(-c2ccccc2)c1. The van der Waals surface area contributed by atoms with Crippen molar-refractivity contribution in [2.45, 2.75) is 32.2 Å². The molecule has 0 unspecified atom stereocenters. The summed E-state index contributed by atoms with van der Waals surface area (Å²) >= 11 is 0. The molecule has 1 saturated heterocycles. The van der Waals surface area contributed by atoms with Gasteiger partial charge in [0.1, 0.15) is 0 Å². The van der Waals surface area contributed by atoms with E-state index in [1.165, 1.54) is 6.42 Å². The Bertz CT molecular complexity index is 629. The van der Waals surface area contributed by atoms with Crippen molar-refractivity contribution in [2.24, 2.45) is 0 Å². The van der Waals surface area contributed by atoms with Crippen LogP contribution in [0.25, 0.3) is 5.69 Å². The van der Waals surface area contributed by atoms with Gasteiger partial charge in [0.25, 0.3) is 0 Å². The van der Waals surface area contributed by atoms with E-state index in [0.29, 0.717) is 12.3 Å². The number of rotatable bonds is 6. The van der Waals surface area contributed by atoms with E-state index >= 15 is 0 Å². The van der Waals surface area contributed by atoms with Gasteiger partial charge in [-0.05, 0) is 25.0 Å². The summed E-state index contributed by atoms with van der Waals surface area (Å²) in [6, 6.07) is 10.1. The highest BCUT2D eigenvalue weighted by Gasteiger charge is 2.15. The molecule has 0 atom stereocenters. The lowest BCUT2D eigenvalue weighted by molar-refractivity contribution is -0.130. The number of amides is 1. The molecule has 1 amide bonds. The summed E-state index contributed by atoms with van der Waals surface area (Å²) in [6.45, 7) is 3.30. The van der Waals surface area contributed by atoms with Crippen molar-refractivity contribution in [2.75, 3.05) is 19.6 Å². The number of nitrogens with zero attached hydrogens (tertiary/aromatic N) is 3. The average Bonchev–Trinajstić information content (AvgIpc) is 2.96. The first-order valence-corrected chi connectivity index (χ1v) is 8.40. The zero-order valence-electron chi connectivity index (χ0n) is 13.9. The molecule has 2 heterocycles. The van der Waals surface area contributed by atoms with Crippen molar-refractivity contribution in [1.82, 2.24) is 20.0 Å². The zero-order valence-corrected chi connectivity index (χ0v) is 14.7. The van der Waals surface area contributed by atoms with Crippen LogP contribution in [0.1, 0.15) is 31.2 Å². The molecule has 0 spiro atoms. The Kier molecular flexibility index (Phi) is 7.28. The fourth-order valence-corrected chi connectivity index (χ4v) is 2.90. The number of para-hydroxylation sites is 1. The summed E-state index contributed by atoms with van der Waals surface area (Å²) in [6.07, 6.45) is 7.99. The predicted octanol–water partition coefficient (Wildman–Crippen LogP) is 2.79. The topological polar surface area (TPSA) is 50.2 Å². The van der Waals surface area contributed by atoms with Gasteiger partial charge in [-0.2, -0.15) is 5.10 Å². The normalized spacial score (nSPS) is 15.0. The van der Waals surface area contributed by atoms with Crippen molar-refractivity contribution in [3.8, 4) is 5.69 Å². The Morgan fingerprint density at radius 3 is 2.79 bits per heavy atom. The molecule has 1 aromatic heterocycles. The third-order valence-corrected chi connectivity index (χ3v) is 4.22. The number of nitrogens with one attached hydrogen (secondary N) is 1. The second-order valence-corrected chi connectivity index (χ2v) is 6.00. The minimum atomic E-state index is 0. The Labute approximate surface area is 149 Å². The number of carbonyl (C=O) groups excluding carboxylic acids is 1. The van der Waals surface area contributed by atoms with Crippen LogP contribution in [0.4, 0.5) is 0 Å². The smallest absolute Gasteiger partial charge is 0.222 e. The molecule has 1 aliphatic heterocycles. The second-order valence-electron chi connectivity index (χ2n) is 6.00. The molecular weight excluding hydrogens is 324 g/mol. The highest BCUT2D eigenvalue weighted by Crippen LogP contribution is 2.10. The lowest BCUT2D eigenvalue weighted by atomic mass is 10.2. The molecule has 0 saturated carbocycles. The van der Waals surface area contributed by atoms with Gasteiger partial charge >= 0.3 is 0 Å². The number of hydrogen-bond donors (Lipinski definition) is 1. The standard InChI is InChI=1S/C18H24N4O.ClH/c23-18-9-5-2-6-11-21(18)12-10-19-13-16-14-20-22(15-16)17-7-3-1-4-8-17;/h1,3-4,7-8,14-15,19H,2,5-6,9-13H2;1H. The van der Waals surface area contributed by atoms with Gasteiger partial charge in [0.15, 0.2) is 0 Å². The third kappa shape index (κ3) is 5.08. The molecule has 130 valence electrons. The van der Waals surface area contributed by atoms with E-state index in [4.69, 9.17) is 0 Å². The van der Waals surface area contributed by atoms with Crippen LogP contribution in [0.3, 0.4) is 0 Å². The van der Waals surface area contributed by atoms with Crippen LogP contribution in [0.15, 0.2) is 42.7 Å². The molecule has 1 aromatic carbocycles. The van der Waals surface area contributed by atoms with Crippen LogP contribution in [0.5, 0.6) is 0 Å². The van der Waals surface area contributed by atoms with E-state index < -0.39 is 0 Å². The molecule has 1 N–H and O–H groups in total. The van der Waals surface area contributed by atoms with Gasteiger partial charge in [0, 0.05) is 44.4 Å². The summed E-state index contributed by atoms with van der Waals surface area (Å²) in [4.78, 5) is 13.9. The van der Waals surface area contributed by atoms with Gasteiger partial charge in [-0.1, -0.05) is 24.6 Å². The lowest BCUT2D eigenvalue weighted by Gasteiger charge is -2.20. The van der Waals surface area contributed by atoms with E-state index in [1.807, 2.05) is 52.3 Å². The molecule has 1 aliphatic rings. The van der Waals surface area contributed by atoms with Crippen LogP contribution in [0.2, 0.25) is 0 Å². The Morgan fingerprint density at radius 2 is 1.96 bits per heavy atom. The summed E-state index contributed by atoms with van der Waals surface area (Å²) in [5.74, 6) is 0.307. The van der Waals surface area contributed by atoms with Crippen molar-refractivity contribution >= 4 is 18.3 Å². The van der Waals surface area contributed by atoms with Gasteiger partial charge in [0.05, 0.1) is 11.9 Å². The Balaban J connectivity index is 0.00000208. The fraction of sp³-hybridized carbons (Fsp3) is 0.444. The minimum Gasteiger partial charge on any atom is -0.341 e. The largest absolute Gasteiger partial charge is 0.341 e. The molecule has 2 aromatic rings. The third-order valence-electron chi connectivity index (χ3n) is 4.22. The number of hydrogen-bond acceptors (Lipinski definition) is 3. The molecule has 0 aliphatic carbocycles. The highest BCUT2D eigenvalue weighted by atomic mass is 35.5. The van der Waals surface area contributed by atoms with Crippen molar-refractivity contribution in [3.05, 3.63) is 48.3 Å². The maximum Gasteiger partial charge on any atom is 0.222 e. The fourth-order valence-electron chi connectivity index (χ4n) is 2.90. The molecule has 24 heavy (non-hydrogen) atoms. The van der Waals surface area contributed by atoms with E-state index in [9.17, 15) is 4.79 Å². The molecule has 0 bridgehead atoms. The quantitative estimate of drug-likeness (QED) is 0.817. The van der Waals surface area contributed by atoms with Crippen LogP contribution in [0, 0.1) is 0 Å². The van der Waals surface area contributed by atoms with E-state index in [2.05, 4.69) is 10.4 Å². The van der Waals surface area contributed by atoms with Gasteiger partial charge in [-0.15, -0.1) is 12.4 Å². The Morgan fingerprint density at radius 1 is 1.12 bits per heavy atom. The molecular formula is C18H25ClN4O. The van der Waals surface area contributed by atoms with E-state index in [0.717, 1.165) is 50.3 Å². The number of likely N-dealkylation sites (tertiary alicyclic amines) is 1. The minimum absolute atomic E-state index is 0. The first-order chi connectivity index (χ1) is 11.3. The van der Waals surface area contributed by atoms with Crippen LogP contribution in [-0.2, 0) is 11.3 Å². The summed E-state index contributed by atoms with van der Waals surface area (Å²) in [5, 5.41) is 7.80. The molecule has 1 fully saturated rings. The van der Waals surface area contributed by atoms with Gasteiger partial charge in [0.2, 0.25) is 5.91 Å². The van der Waals surface area contributed by atoms with Gasteiger partial charge in [-0.25, -0.2) is 4.68 Å². The monoisotopic (exact) mass is 348 g/mol. The number of halogens is 1.